The number of hydrogen-bond donors (Lipinski definition) is 1. The Morgan fingerprint density at radius 1 is 1.38 bits per heavy atom. The van der Waals surface area contributed by atoms with E-state index in [0.717, 1.165) is 16.7 Å². The molecule has 2 N–H and O–H groups in total. The van der Waals surface area contributed by atoms with E-state index in [1.165, 1.54) is 0 Å². The summed E-state index contributed by atoms with van der Waals surface area (Å²) < 4.78 is 22.9. The topological polar surface area (TPSA) is 80.5 Å². The van der Waals surface area contributed by atoms with E-state index in [2.05, 4.69) is 0 Å². The van der Waals surface area contributed by atoms with Crippen molar-refractivity contribution < 1.29 is 13.2 Å². The standard InChI is InChI=1S/C15H22N2O3S/c1-11-5-6-12(2)13(8-11)9-15(18)17-7-3-4-14(10-17)21(16,19)20/h5-6,8,14H,3-4,7,9-10H2,1-2H3,(H2,16,19,20). The minimum atomic E-state index is -3.57. The van der Waals surface area contributed by atoms with Gasteiger partial charge in [0.25, 0.3) is 0 Å². The molecule has 1 aromatic carbocycles. The predicted molar refractivity (Wildman–Crippen MR) is 82.3 cm³/mol. The summed E-state index contributed by atoms with van der Waals surface area (Å²) in [5, 5.41) is 4.57. The van der Waals surface area contributed by atoms with Crippen molar-refractivity contribution in [2.45, 2.75) is 38.4 Å². The number of sulfonamides is 1. The van der Waals surface area contributed by atoms with E-state index in [0.29, 0.717) is 25.8 Å². The molecule has 0 spiro atoms. The molecule has 6 heteroatoms. The molecule has 2 rings (SSSR count). The van der Waals surface area contributed by atoms with Crippen LogP contribution in [0.3, 0.4) is 0 Å². The maximum Gasteiger partial charge on any atom is 0.227 e. The van der Waals surface area contributed by atoms with Crippen LogP contribution in [0.4, 0.5) is 0 Å². The van der Waals surface area contributed by atoms with E-state index >= 15 is 0 Å². The molecule has 5 nitrogen and oxygen atoms in total. The van der Waals surface area contributed by atoms with Gasteiger partial charge in [0.1, 0.15) is 0 Å². The van der Waals surface area contributed by atoms with Gasteiger partial charge in [-0.05, 0) is 37.8 Å². The average molecular weight is 310 g/mol. The Bertz CT molecular complexity index is 640. The highest BCUT2D eigenvalue weighted by Crippen LogP contribution is 2.18. The van der Waals surface area contributed by atoms with Gasteiger partial charge >= 0.3 is 0 Å². The van der Waals surface area contributed by atoms with Crippen LogP contribution in [0.5, 0.6) is 0 Å². The van der Waals surface area contributed by atoms with Gasteiger partial charge in [0.15, 0.2) is 0 Å². The molecular weight excluding hydrogens is 288 g/mol. The van der Waals surface area contributed by atoms with Crippen LogP contribution in [0.25, 0.3) is 0 Å². The van der Waals surface area contributed by atoms with Gasteiger partial charge in [-0.2, -0.15) is 0 Å². The molecule has 1 atom stereocenters. The zero-order valence-corrected chi connectivity index (χ0v) is 13.3. The lowest BCUT2D eigenvalue weighted by atomic mass is 10.0. The van der Waals surface area contributed by atoms with E-state index in [1.807, 2.05) is 32.0 Å². The van der Waals surface area contributed by atoms with Crippen LogP contribution in [0.15, 0.2) is 18.2 Å². The number of nitrogens with zero attached hydrogens (tertiary/aromatic N) is 1. The summed E-state index contributed by atoms with van der Waals surface area (Å²) in [6.07, 6.45) is 1.52. The van der Waals surface area contributed by atoms with Crippen LogP contribution in [0.1, 0.15) is 29.5 Å². The molecular formula is C15H22N2O3S. The third kappa shape index (κ3) is 4.04. The fourth-order valence-corrected chi connectivity index (χ4v) is 3.58. The van der Waals surface area contributed by atoms with Crippen LogP contribution in [0.2, 0.25) is 0 Å². The van der Waals surface area contributed by atoms with Crippen LogP contribution in [0, 0.1) is 13.8 Å². The summed E-state index contributed by atoms with van der Waals surface area (Å²) in [6.45, 7) is 4.79. The maximum atomic E-state index is 12.4. The first kappa shape index (κ1) is 16.0. The molecule has 0 aromatic heterocycles. The maximum absolute atomic E-state index is 12.4. The van der Waals surface area contributed by atoms with Crippen molar-refractivity contribution in [3.05, 3.63) is 34.9 Å². The molecule has 116 valence electrons. The molecule has 0 aliphatic carbocycles. The Morgan fingerprint density at radius 2 is 2.10 bits per heavy atom. The van der Waals surface area contributed by atoms with Crippen molar-refractivity contribution >= 4 is 15.9 Å². The minimum Gasteiger partial charge on any atom is -0.341 e. The Kier molecular flexibility index (Phi) is 4.68. The smallest absolute Gasteiger partial charge is 0.227 e. The average Bonchev–Trinajstić information content (AvgIpc) is 2.42. The zero-order valence-electron chi connectivity index (χ0n) is 12.5. The van der Waals surface area contributed by atoms with Gasteiger partial charge in [-0.3, -0.25) is 4.79 Å². The summed E-state index contributed by atoms with van der Waals surface area (Å²) in [7, 11) is -3.57. The number of amides is 1. The van der Waals surface area contributed by atoms with Gasteiger partial charge < -0.3 is 4.90 Å². The molecule has 1 fully saturated rings. The third-order valence-corrected chi connectivity index (χ3v) is 5.36. The number of rotatable bonds is 3. The predicted octanol–water partition coefficient (Wildman–Crippen LogP) is 1.13. The first-order valence-corrected chi connectivity index (χ1v) is 8.74. The second-order valence-electron chi connectivity index (χ2n) is 5.80. The van der Waals surface area contributed by atoms with Gasteiger partial charge in [-0.15, -0.1) is 0 Å². The second kappa shape index (κ2) is 6.15. The lowest BCUT2D eigenvalue weighted by Crippen LogP contribution is -2.47. The molecule has 1 amide bonds. The molecule has 1 heterocycles. The van der Waals surface area contributed by atoms with Gasteiger partial charge in [0.2, 0.25) is 15.9 Å². The SMILES string of the molecule is Cc1ccc(C)c(CC(=O)N2CCCC(S(N)(=O)=O)C2)c1. The molecule has 1 aliphatic rings. The Morgan fingerprint density at radius 3 is 2.76 bits per heavy atom. The summed E-state index contributed by atoms with van der Waals surface area (Å²) in [4.78, 5) is 14.0. The number of likely N-dealkylation sites (tertiary alicyclic amines) is 1. The van der Waals surface area contributed by atoms with Crippen molar-refractivity contribution in [1.29, 1.82) is 0 Å². The van der Waals surface area contributed by atoms with E-state index < -0.39 is 15.3 Å². The van der Waals surface area contributed by atoms with Crippen LogP contribution in [-0.4, -0.2) is 37.6 Å². The third-order valence-electron chi connectivity index (χ3n) is 4.04. The van der Waals surface area contributed by atoms with Crippen LogP contribution in [-0.2, 0) is 21.2 Å². The molecule has 21 heavy (non-hydrogen) atoms. The van der Waals surface area contributed by atoms with Crippen molar-refractivity contribution in [2.24, 2.45) is 5.14 Å². The van der Waals surface area contributed by atoms with Gasteiger partial charge in [-0.1, -0.05) is 23.8 Å². The van der Waals surface area contributed by atoms with Gasteiger partial charge in [0.05, 0.1) is 11.7 Å². The number of aryl methyl sites for hydroxylation is 2. The lowest BCUT2D eigenvalue weighted by Gasteiger charge is -2.31. The van der Waals surface area contributed by atoms with Crippen molar-refractivity contribution in [3.63, 3.8) is 0 Å². The van der Waals surface area contributed by atoms with Crippen LogP contribution < -0.4 is 5.14 Å². The normalized spacial score (nSPS) is 19.6. The highest BCUT2D eigenvalue weighted by molar-refractivity contribution is 7.89. The lowest BCUT2D eigenvalue weighted by molar-refractivity contribution is -0.131. The molecule has 1 aliphatic heterocycles. The molecule has 0 radical (unpaired) electrons. The molecule has 1 unspecified atom stereocenters. The van der Waals surface area contributed by atoms with Crippen LogP contribution >= 0.6 is 0 Å². The summed E-state index contributed by atoms with van der Waals surface area (Å²) >= 11 is 0. The fraction of sp³-hybridized carbons (Fsp3) is 0.533. The van der Waals surface area contributed by atoms with E-state index in [-0.39, 0.29) is 12.5 Å². The Labute approximate surface area is 126 Å². The summed E-state index contributed by atoms with van der Waals surface area (Å²) in [5.74, 6) is -0.0305. The quantitative estimate of drug-likeness (QED) is 0.908. The second-order valence-corrected chi connectivity index (χ2v) is 7.64. The molecule has 0 saturated carbocycles. The van der Waals surface area contributed by atoms with E-state index in [4.69, 9.17) is 5.14 Å². The number of benzene rings is 1. The van der Waals surface area contributed by atoms with Crippen molar-refractivity contribution in [2.75, 3.05) is 13.1 Å². The Balaban J connectivity index is 2.08. The number of carbonyl (C=O) groups excluding carboxylic acids is 1. The molecule has 1 saturated heterocycles. The Hall–Kier alpha value is -1.40. The number of primary sulfonamides is 1. The summed E-state index contributed by atoms with van der Waals surface area (Å²) in [6, 6.07) is 6.02. The van der Waals surface area contributed by atoms with Gasteiger partial charge in [0, 0.05) is 13.1 Å². The number of carbonyl (C=O) groups is 1. The number of piperidine rings is 1. The van der Waals surface area contributed by atoms with E-state index in [9.17, 15) is 13.2 Å². The number of hydrogen-bond acceptors (Lipinski definition) is 3. The first-order chi connectivity index (χ1) is 9.77. The van der Waals surface area contributed by atoms with Gasteiger partial charge in [-0.25, -0.2) is 13.6 Å². The highest BCUT2D eigenvalue weighted by atomic mass is 32.2. The zero-order chi connectivity index (χ0) is 15.6. The molecule has 1 aromatic rings. The highest BCUT2D eigenvalue weighted by Gasteiger charge is 2.30. The first-order valence-electron chi connectivity index (χ1n) is 7.13. The summed E-state index contributed by atoms with van der Waals surface area (Å²) in [5.41, 5.74) is 3.19. The largest absolute Gasteiger partial charge is 0.341 e. The van der Waals surface area contributed by atoms with Crippen molar-refractivity contribution in [3.8, 4) is 0 Å². The monoisotopic (exact) mass is 310 g/mol. The number of nitrogens with two attached hydrogens (primary N) is 1. The fourth-order valence-electron chi connectivity index (χ4n) is 2.70. The van der Waals surface area contributed by atoms with E-state index in [1.54, 1.807) is 4.90 Å². The minimum absolute atomic E-state index is 0.0305. The molecule has 0 bridgehead atoms. The van der Waals surface area contributed by atoms with Crippen molar-refractivity contribution in [1.82, 2.24) is 4.90 Å².